The van der Waals surface area contributed by atoms with Gasteiger partial charge in [0, 0.05) is 11.1 Å². The number of ether oxygens (including phenoxy) is 1. The zero-order valence-corrected chi connectivity index (χ0v) is 14.7. The van der Waals surface area contributed by atoms with Crippen molar-refractivity contribution in [3.8, 4) is 17.3 Å². The fourth-order valence-corrected chi connectivity index (χ4v) is 3.69. The number of benzene rings is 1. The maximum Gasteiger partial charge on any atom is 0.277 e. The predicted octanol–water partition coefficient (Wildman–Crippen LogP) is 3.67. The number of nitrogens with zero attached hydrogens (tertiary/aromatic N) is 3. The van der Waals surface area contributed by atoms with Crippen molar-refractivity contribution in [3.63, 3.8) is 0 Å². The largest absolute Gasteiger partial charge is 0.497 e. The third-order valence-electron chi connectivity index (χ3n) is 4.43. The minimum Gasteiger partial charge on any atom is -0.497 e. The second-order valence-corrected chi connectivity index (χ2v) is 7.04. The Hall–Kier alpha value is -2.45. The summed E-state index contributed by atoms with van der Waals surface area (Å²) in [6.07, 6.45) is 4.00. The van der Waals surface area contributed by atoms with Crippen LogP contribution in [0.3, 0.4) is 0 Å². The van der Waals surface area contributed by atoms with Crippen LogP contribution in [0.25, 0.3) is 11.6 Å². The van der Waals surface area contributed by atoms with Crippen LogP contribution in [-0.2, 0) is 5.54 Å². The minimum absolute atomic E-state index is 0.408. The average molecular weight is 357 g/mol. The van der Waals surface area contributed by atoms with Gasteiger partial charge in [0.05, 0.1) is 12.6 Å². The lowest BCUT2D eigenvalue weighted by molar-refractivity contribution is 0.372. The summed E-state index contributed by atoms with van der Waals surface area (Å²) in [5.41, 5.74) is 7.51. The van der Waals surface area contributed by atoms with Crippen molar-refractivity contribution in [1.82, 2.24) is 15.1 Å². The van der Waals surface area contributed by atoms with Crippen LogP contribution >= 0.6 is 11.3 Å². The smallest absolute Gasteiger partial charge is 0.277 e. The highest BCUT2D eigenvalue weighted by Crippen LogP contribution is 2.36. The lowest BCUT2D eigenvalue weighted by Gasteiger charge is -2.17. The molecule has 1 aromatic carbocycles. The van der Waals surface area contributed by atoms with Crippen LogP contribution in [0, 0.1) is 0 Å². The van der Waals surface area contributed by atoms with Crippen LogP contribution in [0.4, 0.5) is 10.8 Å². The van der Waals surface area contributed by atoms with Gasteiger partial charge in [-0.2, -0.15) is 4.98 Å². The summed E-state index contributed by atoms with van der Waals surface area (Å²) in [7, 11) is 1.64. The summed E-state index contributed by atoms with van der Waals surface area (Å²) in [6.45, 7) is 0. The van der Waals surface area contributed by atoms with Crippen LogP contribution < -0.4 is 15.8 Å². The summed E-state index contributed by atoms with van der Waals surface area (Å²) in [5, 5.41) is 9.97. The first-order chi connectivity index (χ1) is 12.2. The van der Waals surface area contributed by atoms with E-state index in [1.165, 1.54) is 11.3 Å². The molecule has 0 spiro atoms. The Morgan fingerprint density at radius 1 is 1.20 bits per heavy atom. The van der Waals surface area contributed by atoms with Gasteiger partial charge in [0.15, 0.2) is 11.0 Å². The number of aromatic nitrogens is 3. The molecule has 1 aliphatic rings. The van der Waals surface area contributed by atoms with E-state index in [-0.39, 0.29) is 0 Å². The molecule has 0 unspecified atom stereocenters. The Morgan fingerprint density at radius 3 is 2.68 bits per heavy atom. The molecule has 4 rings (SSSR count). The topological polar surface area (TPSA) is 99.1 Å². The third-order valence-corrected chi connectivity index (χ3v) is 5.19. The molecule has 0 atom stereocenters. The molecule has 0 saturated heterocycles. The second kappa shape index (κ2) is 6.45. The standard InChI is InChI=1S/C17H19N5O2S/c1-23-12-6-4-11(5-7-12)19-16-20-13(10-25-16)14-21-15(22-24-14)17(18)8-2-3-9-17/h4-7,10H,2-3,8-9,18H2,1H3,(H,19,20). The molecule has 25 heavy (non-hydrogen) atoms. The fraction of sp³-hybridized carbons (Fsp3) is 0.353. The van der Waals surface area contributed by atoms with Gasteiger partial charge in [-0.25, -0.2) is 4.98 Å². The molecule has 3 aromatic rings. The first-order valence-electron chi connectivity index (χ1n) is 8.16. The molecule has 1 saturated carbocycles. The lowest BCUT2D eigenvalue weighted by atomic mass is 9.99. The minimum atomic E-state index is -0.456. The second-order valence-electron chi connectivity index (χ2n) is 6.18. The molecule has 1 fully saturated rings. The van der Waals surface area contributed by atoms with E-state index >= 15 is 0 Å². The summed E-state index contributed by atoms with van der Waals surface area (Å²) in [6, 6.07) is 7.65. The van der Waals surface area contributed by atoms with Gasteiger partial charge >= 0.3 is 0 Å². The van der Waals surface area contributed by atoms with Gasteiger partial charge < -0.3 is 20.3 Å². The molecule has 1 aliphatic carbocycles. The molecule has 0 bridgehead atoms. The van der Waals surface area contributed by atoms with Gasteiger partial charge in [0.25, 0.3) is 5.89 Å². The number of rotatable bonds is 5. The Balaban J connectivity index is 1.50. The Kier molecular flexibility index (Phi) is 4.14. The van der Waals surface area contributed by atoms with Gasteiger partial charge in [0.1, 0.15) is 11.4 Å². The maximum absolute atomic E-state index is 6.38. The summed E-state index contributed by atoms with van der Waals surface area (Å²) >= 11 is 1.48. The van der Waals surface area contributed by atoms with Crippen LogP contribution in [0.5, 0.6) is 5.75 Å². The number of thiazole rings is 1. The molecule has 0 radical (unpaired) electrons. The SMILES string of the molecule is COc1ccc(Nc2nc(-c3nc(C4(N)CCCC4)no3)cs2)cc1. The molecule has 2 aromatic heterocycles. The zero-order valence-electron chi connectivity index (χ0n) is 13.9. The van der Waals surface area contributed by atoms with E-state index in [1.54, 1.807) is 7.11 Å². The highest BCUT2D eigenvalue weighted by atomic mass is 32.1. The van der Waals surface area contributed by atoms with E-state index in [2.05, 4.69) is 20.4 Å². The number of methoxy groups -OCH3 is 1. The monoisotopic (exact) mass is 357 g/mol. The van der Waals surface area contributed by atoms with Crippen molar-refractivity contribution < 1.29 is 9.26 Å². The number of nitrogens with one attached hydrogen (secondary N) is 1. The van der Waals surface area contributed by atoms with E-state index in [0.717, 1.165) is 42.3 Å². The van der Waals surface area contributed by atoms with Crippen LogP contribution in [0.1, 0.15) is 31.5 Å². The van der Waals surface area contributed by atoms with Gasteiger partial charge in [-0.15, -0.1) is 11.3 Å². The number of hydrogen-bond donors (Lipinski definition) is 2. The average Bonchev–Trinajstić information content (AvgIpc) is 3.36. The Labute approximate surface area is 149 Å². The molecular weight excluding hydrogens is 338 g/mol. The molecule has 130 valence electrons. The molecule has 2 heterocycles. The van der Waals surface area contributed by atoms with E-state index in [1.807, 2.05) is 29.6 Å². The lowest BCUT2D eigenvalue weighted by Crippen LogP contribution is -2.34. The molecular formula is C17H19N5O2S. The summed E-state index contributed by atoms with van der Waals surface area (Å²) < 4.78 is 10.5. The first kappa shape index (κ1) is 16.0. The van der Waals surface area contributed by atoms with Crippen LogP contribution in [0.15, 0.2) is 34.2 Å². The van der Waals surface area contributed by atoms with Crippen molar-refractivity contribution in [2.24, 2.45) is 5.73 Å². The molecule has 7 nitrogen and oxygen atoms in total. The first-order valence-corrected chi connectivity index (χ1v) is 9.04. The van der Waals surface area contributed by atoms with Gasteiger partial charge in [0.2, 0.25) is 0 Å². The van der Waals surface area contributed by atoms with Gasteiger partial charge in [-0.05, 0) is 37.1 Å². The van der Waals surface area contributed by atoms with Crippen molar-refractivity contribution in [3.05, 3.63) is 35.5 Å². The van der Waals surface area contributed by atoms with E-state index < -0.39 is 5.54 Å². The van der Waals surface area contributed by atoms with Crippen molar-refractivity contribution in [2.45, 2.75) is 31.2 Å². The van der Waals surface area contributed by atoms with Crippen LogP contribution in [-0.4, -0.2) is 22.2 Å². The maximum atomic E-state index is 6.38. The third kappa shape index (κ3) is 3.22. The molecule has 3 N–H and O–H groups in total. The predicted molar refractivity (Wildman–Crippen MR) is 96.0 cm³/mol. The van der Waals surface area contributed by atoms with Crippen molar-refractivity contribution in [2.75, 3.05) is 12.4 Å². The normalized spacial score (nSPS) is 16.1. The van der Waals surface area contributed by atoms with Crippen LogP contribution in [0.2, 0.25) is 0 Å². The number of nitrogens with two attached hydrogens (primary N) is 1. The summed E-state index contributed by atoms with van der Waals surface area (Å²) in [4.78, 5) is 8.99. The van der Waals surface area contributed by atoms with E-state index in [9.17, 15) is 0 Å². The van der Waals surface area contributed by atoms with E-state index in [0.29, 0.717) is 17.4 Å². The molecule has 8 heteroatoms. The fourth-order valence-electron chi connectivity index (χ4n) is 2.99. The Morgan fingerprint density at radius 2 is 1.96 bits per heavy atom. The van der Waals surface area contributed by atoms with Gasteiger partial charge in [-0.1, -0.05) is 18.0 Å². The van der Waals surface area contributed by atoms with Crippen molar-refractivity contribution in [1.29, 1.82) is 0 Å². The molecule has 0 amide bonds. The van der Waals surface area contributed by atoms with Gasteiger partial charge in [-0.3, -0.25) is 0 Å². The zero-order chi connectivity index (χ0) is 17.3. The molecule has 0 aliphatic heterocycles. The van der Waals surface area contributed by atoms with E-state index in [4.69, 9.17) is 15.0 Å². The van der Waals surface area contributed by atoms with Crippen molar-refractivity contribution >= 4 is 22.2 Å². The highest BCUT2D eigenvalue weighted by molar-refractivity contribution is 7.14. The Bertz CT molecular complexity index is 852. The summed E-state index contributed by atoms with van der Waals surface area (Å²) in [5.74, 6) is 1.80. The highest BCUT2D eigenvalue weighted by Gasteiger charge is 2.36. The number of anilines is 2. The number of hydrogen-bond acceptors (Lipinski definition) is 8. The quantitative estimate of drug-likeness (QED) is 0.718.